The van der Waals surface area contributed by atoms with Gasteiger partial charge in [0.25, 0.3) is 0 Å². The van der Waals surface area contributed by atoms with E-state index in [1.807, 2.05) is 6.07 Å². The number of methoxy groups -OCH3 is 1. The number of hydrogen-bond donors (Lipinski definition) is 2. The lowest BCUT2D eigenvalue weighted by Gasteiger charge is -2.09. The highest BCUT2D eigenvalue weighted by Crippen LogP contribution is 2.31. The first-order valence-corrected chi connectivity index (χ1v) is 4.56. The van der Waals surface area contributed by atoms with E-state index in [0.717, 1.165) is 5.56 Å². The summed E-state index contributed by atoms with van der Waals surface area (Å²) >= 11 is 0. The van der Waals surface area contributed by atoms with Crippen LogP contribution in [-0.2, 0) is 6.42 Å². The summed E-state index contributed by atoms with van der Waals surface area (Å²) in [4.78, 5) is 0. The lowest BCUT2D eigenvalue weighted by molar-refractivity contribution is 0.195. The van der Waals surface area contributed by atoms with E-state index < -0.39 is 6.10 Å². The number of aliphatic hydroxyl groups is 1. The van der Waals surface area contributed by atoms with Gasteiger partial charge >= 0.3 is 0 Å². The molecule has 4 heteroatoms. The van der Waals surface area contributed by atoms with Crippen LogP contribution in [-0.4, -0.2) is 23.4 Å². The van der Waals surface area contributed by atoms with Gasteiger partial charge in [0.2, 0.25) is 0 Å². The number of aliphatic hydroxyl groups excluding tert-OH is 1. The molecule has 2 N–H and O–H groups in total. The maximum Gasteiger partial charge on any atom is 0.175 e. The van der Waals surface area contributed by atoms with Gasteiger partial charge in [0.05, 0.1) is 18.8 Å². The first-order valence-electron chi connectivity index (χ1n) is 4.56. The average molecular weight is 207 g/mol. The topological polar surface area (TPSA) is 73.5 Å². The van der Waals surface area contributed by atoms with Crippen molar-refractivity contribution in [3.05, 3.63) is 23.3 Å². The Bertz CT molecular complexity index is 394. The second-order valence-corrected chi connectivity index (χ2v) is 3.36. The summed E-state index contributed by atoms with van der Waals surface area (Å²) < 4.78 is 4.93. The minimum Gasteiger partial charge on any atom is -0.503 e. The number of nitriles is 1. The zero-order chi connectivity index (χ0) is 11.4. The van der Waals surface area contributed by atoms with Crippen LogP contribution < -0.4 is 4.74 Å². The Labute approximate surface area is 88.4 Å². The summed E-state index contributed by atoms with van der Waals surface area (Å²) in [6.45, 7) is 1.66. The molecule has 4 nitrogen and oxygen atoms in total. The Kier molecular flexibility index (Phi) is 3.53. The Morgan fingerprint density at radius 1 is 1.53 bits per heavy atom. The van der Waals surface area contributed by atoms with Crippen LogP contribution >= 0.6 is 0 Å². The molecule has 0 saturated carbocycles. The summed E-state index contributed by atoms with van der Waals surface area (Å²) in [7, 11) is 1.42. The van der Waals surface area contributed by atoms with Gasteiger partial charge in [0.1, 0.15) is 6.07 Å². The van der Waals surface area contributed by atoms with Crippen LogP contribution in [0.3, 0.4) is 0 Å². The van der Waals surface area contributed by atoms with Crippen molar-refractivity contribution in [2.24, 2.45) is 0 Å². The van der Waals surface area contributed by atoms with Gasteiger partial charge in [0, 0.05) is 0 Å². The van der Waals surface area contributed by atoms with Gasteiger partial charge in [0.15, 0.2) is 11.5 Å². The lowest BCUT2D eigenvalue weighted by Crippen LogP contribution is -2.04. The van der Waals surface area contributed by atoms with Crippen molar-refractivity contribution >= 4 is 0 Å². The molecule has 1 aromatic carbocycles. The zero-order valence-corrected chi connectivity index (χ0v) is 8.69. The second-order valence-electron chi connectivity index (χ2n) is 3.36. The smallest absolute Gasteiger partial charge is 0.175 e. The molecule has 0 bridgehead atoms. The number of rotatable bonds is 3. The fourth-order valence-corrected chi connectivity index (χ4v) is 1.36. The number of ether oxygens (including phenoxy) is 1. The molecule has 1 aromatic rings. The maximum atomic E-state index is 9.54. The van der Waals surface area contributed by atoms with Gasteiger partial charge in [-0.05, 0) is 31.0 Å². The summed E-state index contributed by atoms with van der Waals surface area (Å²) in [5, 5.41) is 27.5. The van der Waals surface area contributed by atoms with Crippen molar-refractivity contribution in [1.29, 1.82) is 5.26 Å². The van der Waals surface area contributed by atoms with Gasteiger partial charge in [-0.25, -0.2) is 0 Å². The minimum atomic E-state index is -0.495. The normalized spacial score (nSPS) is 11.9. The Morgan fingerprint density at radius 2 is 2.20 bits per heavy atom. The Balaban J connectivity index is 3.16. The molecule has 0 fully saturated rings. The van der Waals surface area contributed by atoms with Crippen molar-refractivity contribution < 1.29 is 14.9 Å². The molecule has 0 aliphatic rings. The Hall–Kier alpha value is -1.73. The molecule has 0 amide bonds. The molecular weight excluding hydrogens is 194 g/mol. The molecular formula is C11H13NO3. The lowest BCUT2D eigenvalue weighted by atomic mass is 10.0. The number of nitrogens with zero attached hydrogens (tertiary/aromatic N) is 1. The molecule has 1 rings (SSSR count). The monoisotopic (exact) mass is 207 g/mol. The van der Waals surface area contributed by atoms with Crippen LogP contribution in [0.1, 0.15) is 18.1 Å². The first-order chi connectivity index (χ1) is 7.08. The predicted octanol–water partition coefficient (Wildman–Crippen LogP) is 1.20. The van der Waals surface area contributed by atoms with E-state index >= 15 is 0 Å². The summed E-state index contributed by atoms with van der Waals surface area (Å²) in [6.07, 6.45) is -0.0727. The summed E-state index contributed by atoms with van der Waals surface area (Å²) in [5.74, 6) is 0.0963. The van der Waals surface area contributed by atoms with Gasteiger partial charge in [-0.1, -0.05) is 0 Å². The molecule has 0 radical (unpaired) electrons. The van der Waals surface area contributed by atoms with Crippen LogP contribution in [0.2, 0.25) is 0 Å². The largest absolute Gasteiger partial charge is 0.503 e. The van der Waals surface area contributed by atoms with Crippen LogP contribution in [0.15, 0.2) is 12.1 Å². The molecule has 15 heavy (non-hydrogen) atoms. The maximum absolute atomic E-state index is 9.54. The fraction of sp³-hybridized carbons (Fsp3) is 0.364. The van der Waals surface area contributed by atoms with Crippen LogP contribution in [0.4, 0.5) is 0 Å². The molecule has 80 valence electrons. The highest BCUT2D eigenvalue weighted by atomic mass is 16.5. The van der Waals surface area contributed by atoms with E-state index in [0.29, 0.717) is 6.42 Å². The number of phenolic OH excluding ortho intramolecular Hbond substituents is 1. The van der Waals surface area contributed by atoms with Crippen LogP contribution in [0, 0.1) is 11.3 Å². The quantitative estimate of drug-likeness (QED) is 0.781. The van der Waals surface area contributed by atoms with Gasteiger partial charge in [-0.15, -0.1) is 0 Å². The van der Waals surface area contributed by atoms with E-state index in [1.54, 1.807) is 19.1 Å². The predicted molar refractivity (Wildman–Crippen MR) is 54.8 cm³/mol. The van der Waals surface area contributed by atoms with E-state index in [1.165, 1.54) is 7.11 Å². The third-order valence-electron chi connectivity index (χ3n) is 2.01. The molecule has 1 unspecified atom stereocenters. The van der Waals surface area contributed by atoms with Crippen molar-refractivity contribution in [1.82, 2.24) is 0 Å². The third-order valence-corrected chi connectivity index (χ3v) is 2.01. The second kappa shape index (κ2) is 4.67. The fourth-order valence-electron chi connectivity index (χ4n) is 1.36. The third kappa shape index (κ3) is 2.61. The molecule has 0 spiro atoms. The average Bonchev–Trinajstić information content (AvgIpc) is 2.19. The van der Waals surface area contributed by atoms with Crippen LogP contribution in [0.25, 0.3) is 0 Å². The first kappa shape index (κ1) is 11.3. The molecule has 0 aromatic heterocycles. The van der Waals surface area contributed by atoms with E-state index in [2.05, 4.69) is 0 Å². The van der Waals surface area contributed by atoms with Gasteiger partial charge in [-0.3, -0.25) is 0 Å². The van der Waals surface area contributed by atoms with Crippen molar-refractivity contribution in [3.8, 4) is 17.6 Å². The standard InChI is InChI=1S/C11H13NO3/c1-7(13)3-8-4-9(6-12)11(14)10(5-8)15-2/h4-5,7,13-14H,3H2,1-2H3. The number of benzene rings is 1. The summed E-state index contributed by atoms with van der Waals surface area (Å²) in [5.41, 5.74) is 0.918. The van der Waals surface area contributed by atoms with E-state index in [4.69, 9.17) is 10.00 Å². The number of phenols is 1. The van der Waals surface area contributed by atoms with Crippen molar-refractivity contribution in [3.63, 3.8) is 0 Å². The van der Waals surface area contributed by atoms with Crippen LogP contribution in [0.5, 0.6) is 11.5 Å². The van der Waals surface area contributed by atoms with Crippen molar-refractivity contribution in [2.75, 3.05) is 7.11 Å². The molecule has 0 saturated heterocycles. The van der Waals surface area contributed by atoms with Gasteiger partial charge < -0.3 is 14.9 Å². The highest BCUT2D eigenvalue weighted by Gasteiger charge is 2.11. The zero-order valence-electron chi connectivity index (χ0n) is 8.69. The summed E-state index contributed by atoms with van der Waals surface area (Å²) in [6, 6.07) is 5.03. The van der Waals surface area contributed by atoms with Crippen molar-refractivity contribution in [2.45, 2.75) is 19.4 Å². The molecule has 0 aliphatic carbocycles. The molecule has 1 atom stereocenters. The van der Waals surface area contributed by atoms with E-state index in [9.17, 15) is 10.2 Å². The number of hydrogen-bond acceptors (Lipinski definition) is 4. The van der Waals surface area contributed by atoms with Gasteiger partial charge in [-0.2, -0.15) is 5.26 Å². The SMILES string of the molecule is COc1cc(CC(C)O)cc(C#N)c1O. The molecule has 0 aliphatic heterocycles. The minimum absolute atomic E-state index is 0.157. The number of aromatic hydroxyl groups is 1. The molecule has 0 heterocycles. The van der Waals surface area contributed by atoms with E-state index in [-0.39, 0.29) is 17.1 Å². The Morgan fingerprint density at radius 3 is 2.67 bits per heavy atom. The highest BCUT2D eigenvalue weighted by molar-refractivity contribution is 5.53.